The van der Waals surface area contributed by atoms with Crippen LogP contribution >= 0.6 is 0 Å². The zero-order chi connectivity index (χ0) is 27.9. The quantitative estimate of drug-likeness (QED) is 0.230. The van der Waals surface area contributed by atoms with Crippen LogP contribution in [0.15, 0.2) is 150 Å². The van der Waals surface area contributed by atoms with Gasteiger partial charge in [0, 0.05) is 41.5 Å². The van der Waals surface area contributed by atoms with Gasteiger partial charge in [0.15, 0.2) is 6.17 Å². The molecule has 0 radical (unpaired) electrons. The summed E-state index contributed by atoms with van der Waals surface area (Å²) in [6, 6.07) is 40.6. The van der Waals surface area contributed by atoms with Crippen molar-refractivity contribution in [3.63, 3.8) is 0 Å². The van der Waals surface area contributed by atoms with E-state index in [1.54, 1.807) is 24.8 Å². The van der Waals surface area contributed by atoms with E-state index in [0.717, 1.165) is 39.5 Å². The van der Waals surface area contributed by atoms with Crippen molar-refractivity contribution >= 4 is 44.0 Å². The Balaban J connectivity index is 1.24. The molecule has 5 heteroatoms. The average Bonchev–Trinajstić information content (AvgIpc) is 3.09. The minimum Gasteiger partial charge on any atom is -0.324 e. The van der Waals surface area contributed by atoms with Gasteiger partial charge in [0.1, 0.15) is 11.7 Å². The van der Waals surface area contributed by atoms with Crippen LogP contribution in [0, 0.1) is 0 Å². The number of benzene rings is 5. The lowest BCUT2D eigenvalue weighted by atomic mass is 9.92. The molecule has 5 aromatic carbocycles. The van der Waals surface area contributed by atoms with Crippen LogP contribution in [-0.2, 0) is 0 Å². The van der Waals surface area contributed by atoms with E-state index in [0.29, 0.717) is 0 Å². The van der Waals surface area contributed by atoms with Crippen molar-refractivity contribution in [2.75, 3.05) is 0 Å². The average molecular weight is 540 g/mol. The maximum atomic E-state index is 5.03. The van der Waals surface area contributed by atoms with Crippen LogP contribution in [0.25, 0.3) is 43.4 Å². The fourth-order valence-corrected chi connectivity index (χ4v) is 5.87. The number of hydrogen-bond acceptors (Lipinski definition) is 5. The van der Waals surface area contributed by atoms with Gasteiger partial charge in [-0.2, -0.15) is 0 Å². The van der Waals surface area contributed by atoms with Crippen LogP contribution in [0.3, 0.4) is 0 Å². The SMILES string of the molecule is c1cc(C2=NC(c3ccncc3)N=C(c3ccncc3)N2)cc(-c2ccc3c4ccccc4c4ccccc4c3c2)c1. The Morgan fingerprint density at radius 3 is 1.60 bits per heavy atom. The molecule has 5 nitrogen and oxygen atoms in total. The van der Waals surface area contributed by atoms with Gasteiger partial charge in [-0.15, -0.1) is 0 Å². The molecule has 0 spiro atoms. The first kappa shape index (κ1) is 24.1. The molecule has 0 aliphatic carbocycles. The zero-order valence-corrected chi connectivity index (χ0v) is 22.6. The van der Waals surface area contributed by atoms with Gasteiger partial charge in [-0.3, -0.25) is 9.97 Å². The van der Waals surface area contributed by atoms with Crippen molar-refractivity contribution in [2.24, 2.45) is 9.98 Å². The summed E-state index contributed by atoms with van der Waals surface area (Å²) in [6.45, 7) is 0. The predicted molar refractivity (Wildman–Crippen MR) is 172 cm³/mol. The molecule has 3 heterocycles. The van der Waals surface area contributed by atoms with Crippen LogP contribution in [0.4, 0.5) is 0 Å². The lowest BCUT2D eigenvalue weighted by molar-refractivity contribution is 0.754. The summed E-state index contributed by atoms with van der Waals surface area (Å²) in [5.41, 5.74) is 5.23. The van der Waals surface area contributed by atoms with Gasteiger partial charge in [0.05, 0.1) is 0 Å². The van der Waals surface area contributed by atoms with Crippen LogP contribution in [0.1, 0.15) is 22.9 Å². The van der Waals surface area contributed by atoms with Gasteiger partial charge < -0.3 is 5.32 Å². The van der Waals surface area contributed by atoms with Gasteiger partial charge in [0.2, 0.25) is 0 Å². The zero-order valence-electron chi connectivity index (χ0n) is 22.6. The normalized spacial score (nSPS) is 14.9. The summed E-state index contributed by atoms with van der Waals surface area (Å²) in [4.78, 5) is 18.3. The highest BCUT2D eigenvalue weighted by atomic mass is 15.2. The molecule has 1 aliphatic rings. The standard InChI is InChI=1S/C37H25N5/c1-2-10-31-29(8-1)30-9-3-4-11-32(30)34-23-27(12-13-33(31)34)26-6-5-7-28(22-26)37-41-35(24-14-18-38-19-15-24)40-36(42-37)25-16-20-39-21-17-25/h1-23,35H,(H,40,41,42). The summed E-state index contributed by atoms with van der Waals surface area (Å²) in [6.07, 6.45) is 6.73. The molecule has 8 rings (SSSR count). The Bertz CT molecular complexity index is 2130. The predicted octanol–water partition coefficient (Wildman–Crippen LogP) is 8.10. The van der Waals surface area contributed by atoms with Crippen molar-refractivity contribution in [3.8, 4) is 11.1 Å². The van der Waals surface area contributed by atoms with Crippen molar-refractivity contribution in [1.82, 2.24) is 15.3 Å². The molecular weight excluding hydrogens is 514 g/mol. The van der Waals surface area contributed by atoms with Crippen LogP contribution in [-0.4, -0.2) is 21.6 Å². The summed E-state index contributed by atoms with van der Waals surface area (Å²) in [5, 5.41) is 11.1. The second kappa shape index (κ2) is 10.1. The number of aliphatic imine (C=N–C) groups is 2. The molecule has 0 fully saturated rings. The van der Waals surface area contributed by atoms with Gasteiger partial charge in [-0.25, -0.2) is 9.98 Å². The van der Waals surface area contributed by atoms with Gasteiger partial charge in [-0.1, -0.05) is 78.9 Å². The van der Waals surface area contributed by atoms with Crippen molar-refractivity contribution < 1.29 is 0 Å². The number of pyridine rings is 2. The van der Waals surface area contributed by atoms with E-state index in [4.69, 9.17) is 9.98 Å². The number of nitrogens with one attached hydrogen (secondary N) is 1. The smallest absolute Gasteiger partial charge is 0.169 e. The number of hydrogen-bond donors (Lipinski definition) is 1. The van der Waals surface area contributed by atoms with E-state index < -0.39 is 0 Å². The van der Waals surface area contributed by atoms with Crippen LogP contribution in [0.2, 0.25) is 0 Å². The minimum absolute atomic E-state index is 0.378. The first-order valence-electron chi connectivity index (χ1n) is 14.0. The summed E-state index contributed by atoms with van der Waals surface area (Å²) >= 11 is 0. The van der Waals surface area contributed by atoms with Crippen molar-refractivity contribution in [3.05, 3.63) is 157 Å². The molecule has 0 amide bonds. The first-order valence-corrected chi connectivity index (χ1v) is 14.0. The van der Waals surface area contributed by atoms with Crippen LogP contribution < -0.4 is 5.32 Å². The third-order valence-electron chi connectivity index (χ3n) is 7.91. The number of rotatable bonds is 4. The highest BCUT2D eigenvalue weighted by Crippen LogP contribution is 2.37. The highest BCUT2D eigenvalue weighted by Gasteiger charge is 2.21. The van der Waals surface area contributed by atoms with Gasteiger partial charge in [-0.05, 0) is 79.8 Å². The Hall–Kier alpha value is -5.68. The van der Waals surface area contributed by atoms with E-state index in [2.05, 4.69) is 106 Å². The highest BCUT2D eigenvalue weighted by molar-refractivity contribution is 6.25. The lowest BCUT2D eigenvalue weighted by Gasteiger charge is -2.22. The Kier molecular flexibility index (Phi) is 5.78. The molecule has 0 bridgehead atoms. The summed E-state index contributed by atoms with van der Waals surface area (Å²) in [5.74, 6) is 1.54. The molecule has 0 saturated heterocycles. The third-order valence-corrected chi connectivity index (χ3v) is 7.91. The first-order chi connectivity index (χ1) is 20.8. The second-order valence-electron chi connectivity index (χ2n) is 10.4. The number of amidine groups is 2. The molecule has 1 N–H and O–H groups in total. The lowest BCUT2D eigenvalue weighted by Crippen LogP contribution is -2.36. The largest absolute Gasteiger partial charge is 0.324 e. The minimum atomic E-state index is -0.378. The molecule has 198 valence electrons. The number of aromatic nitrogens is 2. The second-order valence-corrected chi connectivity index (χ2v) is 10.4. The maximum Gasteiger partial charge on any atom is 0.169 e. The van der Waals surface area contributed by atoms with E-state index in [1.165, 1.54) is 32.3 Å². The number of nitrogens with zero attached hydrogens (tertiary/aromatic N) is 4. The Morgan fingerprint density at radius 1 is 0.405 bits per heavy atom. The molecule has 42 heavy (non-hydrogen) atoms. The van der Waals surface area contributed by atoms with E-state index in [1.807, 2.05) is 24.3 Å². The molecule has 2 aromatic heterocycles. The molecule has 1 atom stereocenters. The molecule has 0 saturated carbocycles. The van der Waals surface area contributed by atoms with E-state index in [-0.39, 0.29) is 6.17 Å². The maximum absolute atomic E-state index is 5.03. The summed E-state index contributed by atoms with van der Waals surface area (Å²) in [7, 11) is 0. The Labute approximate surface area is 243 Å². The molecule has 1 aliphatic heterocycles. The summed E-state index contributed by atoms with van der Waals surface area (Å²) < 4.78 is 0. The molecular formula is C37H25N5. The van der Waals surface area contributed by atoms with E-state index in [9.17, 15) is 0 Å². The Morgan fingerprint density at radius 2 is 0.929 bits per heavy atom. The fraction of sp³-hybridized carbons (Fsp3) is 0.0270. The molecule has 7 aromatic rings. The van der Waals surface area contributed by atoms with Crippen LogP contribution in [0.5, 0.6) is 0 Å². The molecule has 1 unspecified atom stereocenters. The fourth-order valence-electron chi connectivity index (χ4n) is 5.87. The van der Waals surface area contributed by atoms with Gasteiger partial charge >= 0.3 is 0 Å². The van der Waals surface area contributed by atoms with Crippen molar-refractivity contribution in [1.29, 1.82) is 0 Å². The van der Waals surface area contributed by atoms with E-state index >= 15 is 0 Å². The topological polar surface area (TPSA) is 62.5 Å². The number of fused-ring (bicyclic) bond motifs is 6. The van der Waals surface area contributed by atoms with Crippen molar-refractivity contribution in [2.45, 2.75) is 6.17 Å². The van der Waals surface area contributed by atoms with Gasteiger partial charge in [0.25, 0.3) is 0 Å². The monoisotopic (exact) mass is 539 g/mol. The third kappa shape index (κ3) is 4.19.